The molecule has 0 amide bonds. The van der Waals surface area contributed by atoms with Crippen LogP contribution in [0.1, 0.15) is 18.5 Å². The first-order valence-corrected chi connectivity index (χ1v) is 5.46. The molecule has 0 aliphatic carbocycles. The van der Waals surface area contributed by atoms with Gasteiger partial charge in [0.1, 0.15) is 11.5 Å². The second-order valence-electron chi connectivity index (χ2n) is 4.12. The smallest absolute Gasteiger partial charge is 0.123 e. The number of rotatable bonds is 2. The summed E-state index contributed by atoms with van der Waals surface area (Å²) in [6.45, 7) is 1.89. The van der Waals surface area contributed by atoms with E-state index in [2.05, 4.69) is 0 Å². The topological polar surface area (TPSA) is 66.5 Å². The monoisotopic (exact) mass is 229 g/mol. The summed E-state index contributed by atoms with van der Waals surface area (Å²) in [6.07, 6.45) is 0. The molecule has 0 fully saturated rings. The van der Waals surface area contributed by atoms with Gasteiger partial charge in [0.05, 0.1) is 0 Å². The first-order valence-electron chi connectivity index (χ1n) is 5.46. The SMILES string of the molecule is CC(N)c1ccc(O)c(-c2cccc(O)c2)c1. The van der Waals surface area contributed by atoms with Crippen LogP contribution < -0.4 is 5.73 Å². The maximum atomic E-state index is 9.84. The molecule has 2 rings (SSSR count). The number of aromatic hydroxyl groups is 2. The second-order valence-corrected chi connectivity index (χ2v) is 4.12. The van der Waals surface area contributed by atoms with Crippen molar-refractivity contribution in [1.29, 1.82) is 0 Å². The molecule has 3 heteroatoms. The van der Waals surface area contributed by atoms with Crippen molar-refractivity contribution in [3.63, 3.8) is 0 Å². The third-order valence-corrected chi connectivity index (χ3v) is 2.70. The van der Waals surface area contributed by atoms with E-state index >= 15 is 0 Å². The van der Waals surface area contributed by atoms with E-state index in [1.54, 1.807) is 30.3 Å². The molecule has 2 aromatic rings. The van der Waals surface area contributed by atoms with Crippen molar-refractivity contribution < 1.29 is 10.2 Å². The van der Waals surface area contributed by atoms with Crippen molar-refractivity contribution in [1.82, 2.24) is 0 Å². The molecule has 0 saturated heterocycles. The van der Waals surface area contributed by atoms with Gasteiger partial charge in [0.15, 0.2) is 0 Å². The van der Waals surface area contributed by atoms with E-state index in [0.717, 1.165) is 11.1 Å². The van der Waals surface area contributed by atoms with Crippen LogP contribution in [0.2, 0.25) is 0 Å². The van der Waals surface area contributed by atoms with Crippen molar-refractivity contribution in [3.05, 3.63) is 48.0 Å². The zero-order chi connectivity index (χ0) is 12.4. The fraction of sp³-hybridized carbons (Fsp3) is 0.143. The molecular weight excluding hydrogens is 214 g/mol. The number of phenolic OH excluding ortho intramolecular Hbond substituents is 2. The Labute approximate surface area is 100 Å². The summed E-state index contributed by atoms with van der Waals surface area (Å²) in [5, 5.41) is 19.3. The average Bonchev–Trinajstić information content (AvgIpc) is 2.29. The maximum absolute atomic E-state index is 9.84. The number of hydrogen-bond acceptors (Lipinski definition) is 3. The van der Waals surface area contributed by atoms with Crippen LogP contribution >= 0.6 is 0 Å². The molecule has 2 aromatic carbocycles. The lowest BCUT2D eigenvalue weighted by Gasteiger charge is -2.10. The summed E-state index contributed by atoms with van der Waals surface area (Å²) in [7, 11) is 0. The molecule has 0 heterocycles. The van der Waals surface area contributed by atoms with Crippen LogP contribution in [0, 0.1) is 0 Å². The summed E-state index contributed by atoms with van der Waals surface area (Å²) in [5.74, 6) is 0.355. The van der Waals surface area contributed by atoms with Crippen LogP contribution in [-0.4, -0.2) is 10.2 Å². The fourth-order valence-electron chi connectivity index (χ4n) is 1.74. The van der Waals surface area contributed by atoms with Crippen LogP contribution in [0.15, 0.2) is 42.5 Å². The fourth-order valence-corrected chi connectivity index (χ4v) is 1.74. The van der Waals surface area contributed by atoms with Gasteiger partial charge in [0.2, 0.25) is 0 Å². The van der Waals surface area contributed by atoms with Crippen LogP contribution in [0.25, 0.3) is 11.1 Å². The number of phenols is 2. The zero-order valence-corrected chi connectivity index (χ0v) is 9.59. The van der Waals surface area contributed by atoms with Crippen LogP contribution in [-0.2, 0) is 0 Å². The second kappa shape index (κ2) is 4.47. The molecule has 88 valence electrons. The molecule has 3 nitrogen and oxygen atoms in total. The first-order chi connectivity index (χ1) is 8.08. The standard InChI is InChI=1S/C14H15NO2/c1-9(15)10-5-6-14(17)13(8-10)11-3-2-4-12(16)7-11/h2-9,16-17H,15H2,1H3. The Balaban J connectivity index is 2.54. The van der Waals surface area contributed by atoms with E-state index in [-0.39, 0.29) is 17.5 Å². The minimum atomic E-state index is -0.0911. The van der Waals surface area contributed by atoms with Crippen molar-refractivity contribution in [3.8, 4) is 22.6 Å². The Hall–Kier alpha value is -2.00. The molecule has 0 aromatic heterocycles. The van der Waals surface area contributed by atoms with E-state index in [1.807, 2.05) is 19.1 Å². The predicted molar refractivity (Wildman–Crippen MR) is 67.8 cm³/mol. The highest BCUT2D eigenvalue weighted by Crippen LogP contribution is 2.32. The van der Waals surface area contributed by atoms with Gasteiger partial charge in [-0.2, -0.15) is 0 Å². The minimum absolute atomic E-state index is 0.0911. The highest BCUT2D eigenvalue weighted by atomic mass is 16.3. The molecule has 0 spiro atoms. The minimum Gasteiger partial charge on any atom is -0.508 e. The Morgan fingerprint density at radius 1 is 1.06 bits per heavy atom. The molecular formula is C14H15NO2. The molecule has 0 aliphatic rings. The summed E-state index contributed by atoms with van der Waals surface area (Å²) in [6, 6.07) is 11.9. The van der Waals surface area contributed by atoms with Crippen LogP contribution in [0.3, 0.4) is 0 Å². The van der Waals surface area contributed by atoms with Gasteiger partial charge in [-0.3, -0.25) is 0 Å². The van der Waals surface area contributed by atoms with Crippen molar-refractivity contribution in [2.75, 3.05) is 0 Å². The van der Waals surface area contributed by atoms with Crippen LogP contribution in [0.4, 0.5) is 0 Å². The quantitative estimate of drug-likeness (QED) is 0.741. The van der Waals surface area contributed by atoms with Crippen molar-refractivity contribution >= 4 is 0 Å². The molecule has 1 atom stereocenters. The summed E-state index contributed by atoms with van der Waals surface area (Å²) < 4.78 is 0. The molecule has 0 radical (unpaired) electrons. The van der Waals surface area contributed by atoms with Crippen LogP contribution in [0.5, 0.6) is 11.5 Å². The predicted octanol–water partition coefficient (Wildman–Crippen LogP) is 2.78. The summed E-state index contributed by atoms with van der Waals surface area (Å²) in [5.41, 5.74) is 8.20. The molecule has 1 unspecified atom stereocenters. The lowest BCUT2D eigenvalue weighted by molar-refractivity contribution is 0.474. The van der Waals surface area contributed by atoms with E-state index in [1.165, 1.54) is 0 Å². The molecule has 0 saturated carbocycles. The summed E-state index contributed by atoms with van der Waals surface area (Å²) >= 11 is 0. The molecule has 0 bridgehead atoms. The van der Waals surface area contributed by atoms with Gasteiger partial charge < -0.3 is 15.9 Å². The number of hydrogen-bond donors (Lipinski definition) is 3. The Bertz CT molecular complexity index is 535. The van der Waals surface area contributed by atoms with Gasteiger partial charge in [-0.1, -0.05) is 18.2 Å². The van der Waals surface area contributed by atoms with E-state index in [4.69, 9.17) is 5.73 Å². The lowest BCUT2D eigenvalue weighted by atomic mass is 9.99. The number of benzene rings is 2. The van der Waals surface area contributed by atoms with Gasteiger partial charge in [-0.25, -0.2) is 0 Å². The third kappa shape index (κ3) is 2.40. The molecule has 0 aliphatic heterocycles. The van der Waals surface area contributed by atoms with Gasteiger partial charge in [0, 0.05) is 11.6 Å². The Kier molecular flexibility index (Phi) is 3.02. The van der Waals surface area contributed by atoms with Gasteiger partial charge in [-0.15, -0.1) is 0 Å². The maximum Gasteiger partial charge on any atom is 0.123 e. The van der Waals surface area contributed by atoms with E-state index in [0.29, 0.717) is 5.56 Å². The van der Waals surface area contributed by atoms with Gasteiger partial charge >= 0.3 is 0 Å². The first kappa shape index (κ1) is 11.5. The van der Waals surface area contributed by atoms with Gasteiger partial charge in [0.25, 0.3) is 0 Å². The highest BCUT2D eigenvalue weighted by molar-refractivity contribution is 5.71. The summed E-state index contributed by atoms with van der Waals surface area (Å²) in [4.78, 5) is 0. The highest BCUT2D eigenvalue weighted by Gasteiger charge is 2.08. The normalized spacial score (nSPS) is 12.4. The zero-order valence-electron chi connectivity index (χ0n) is 9.59. The largest absolute Gasteiger partial charge is 0.508 e. The Morgan fingerprint density at radius 2 is 1.82 bits per heavy atom. The van der Waals surface area contributed by atoms with Crippen molar-refractivity contribution in [2.45, 2.75) is 13.0 Å². The molecule has 17 heavy (non-hydrogen) atoms. The Morgan fingerprint density at radius 3 is 2.47 bits per heavy atom. The number of nitrogens with two attached hydrogens (primary N) is 1. The third-order valence-electron chi connectivity index (χ3n) is 2.70. The van der Waals surface area contributed by atoms with E-state index in [9.17, 15) is 10.2 Å². The van der Waals surface area contributed by atoms with Crippen molar-refractivity contribution in [2.24, 2.45) is 5.73 Å². The average molecular weight is 229 g/mol. The van der Waals surface area contributed by atoms with Gasteiger partial charge in [-0.05, 0) is 42.3 Å². The lowest BCUT2D eigenvalue weighted by Crippen LogP contribution is -2.04. The van der Waals surface area contributed by atoms with E-state index < -0.39 is 0 Å². The molecule has 4 N–H and O–H groups in total.